The quantitative estimate of drug-likeness (QED) is 0.416. The average Bonchev–Trinajstić information content (AvgIpc) is 2.75. The van der Waals surface area contributed by atoms with Gasteiger partial charge >= 0.3 is 0 Å². The molecule has 1 heterocycles. The second kappa shape index (κ2) is 8.66. The monoisotopic (exact) mass is 446 g/mol. The van der Waals surface area contributed by atoms with E-state index in [0.717, 1.165) is 33.3 Å². The molecule has 3 aromatic rings. The predicted octanol–water partition coefficient (Wildman–Crippen LogP) is 6.50. The van der Waals surface area contributed by atoms with Gasteiger partial charge < -0.3 is 14.4 Å². The molecule has 0 aromatic heterocycles. The van der Waals surface area contributed by atoms with Crippen molar-refractivity contribution < 1.29 is 9.47 Å². The molecule has 4 rings (SSSR count). The van der Waals surface area contributed by atoms with Gasteiger partial charge in [-0.15, -0.1) is 0 Å². The van der Waals surface area contributed by atoms with E-state index in [0.29, 0.717) is 23.3 Å². The van der Waals surface area contributed by atoms with Crippen molar-refractivity contribution in [1.29, 1.82) is 0 Å². The van der Waals surface area contributed by atoms with E-state index in [1.54, 1.807) is 26.2 Å². The van der Waals surface area contributed by atoms with Crippen LogP contribution in [0.1, 0.15) is 5.56 Å². The molecule has 0 N–H and O–H groups in total. The van der Waals surface area contributed by atoms with Crippen LogP contribution in [0.2, 0.25) is 10.0 Å². The van der Waals surface area contributed by atoms with E-state index in [2.05, 4.69) is 21.3 Å². The van der Waals surface area contributed by atoms with Crippen molar-refractivity contribution in [2.45, 2.75) is 11.4 Å². The first-order valence-electron chi connectivity index (χ1n) is 9.04. The molecule has 0 bridgehead atoms. The SMILES string of the molecule is COc1cc(OC)cc(N2CN(Cc3c(Cl)cccc3Cl)c3ccccc3S2)c1. The van der Waals surface area contributed by atoms with E-state index in [1.165, 1.54) is 0 Å². The summed E-state index contributed by atoms with van der Waals surface area (Å²) in [6.45, 7) is 1.26. The number of benzene rings is 3. The van der Waals surface area contributed by atoms with Crippen LogP contribution < -0.4 is 18.7 Å². The number of hydrogen-bond acceptors (Lipinski definition) is 5. The highest BCUT2D eigenvalue weighted by molar-refractivity contribution is 8.00. The molecule has 7 heteroatoms. The first-order chi connectivity index (χ1) is 14.1. The van der Waals surface area contributed by atoms with Gasteiger partial charge in [0.1, 0.15) is 18.2 Å². The number of anilines is 2. The third kappa shape index (κ3) is 4.22. The summed E-state index contributed by atoms with van der Waals surface area (Å²) in [5.41, 5.74) is 3.07. The maximum Gasteiger partial charge on any atom is 0.124 e. The highest BCUT2D eigenvalue weighted by Crippen LogP contribution is 2.43. The molecule has 29 heavy (non-hydrogen) atoms. The summed E-state index contributed by atoms with van der Waals surface area (Å²) < 4.78 is 13.1. The summed E-state index contributed by atoms with van der Waals surface area (Å²) in [6, 6.07) is 19.8. The molecule has 150 valence electrons. The summed E-state index contributed by atoms with van der Waals surface area (Å²) in [5.74, 6) is 1.50. The number of nitrogens with zero attached hydrogens (tertiary/aromatic N) is 2. The van der Waals surface area contributed by atoms with E-state index in [4.69, 9.17) is 32.7 Å². The van der Waals surface area contributed by atoms with E-state index in [9.17, 15) is 0 Å². The fourth-order valence-corrected chi connectivity index (χ4v) is 4.85. The molecular formula is C22H20Cl2N2O2S. The molecule has 0 unspecified atom stereocenters. The number of ether oxygens (including phenoxy) is 2. The summed E-state index contributed by atoms with van der Waals surface area (Å²) in [4.78, 5) is 3.42. The largest absolute Gasteiger partial charge is 0.497 e. The standard InChI is InChI=1S/C22H20Cl2N2O2S/c1-27-16-10-15(11-17(12-16)28-2)26-14-25(21-8-3-4-9-22(21)29-26)13-18-19(23)6-5-7-20(18)24/h3-12H,13-14H2,1-2H3. The first kappa shape index (κ1) is 20.1. The highest BCUT2D eigenvalue weighted by Gasteiger charge is 2.25. The first-order valence-corrected chi connectivity index (χ1v) is 10.6. The number of fused-ring (bicyclic) bond motifs is 1. The Kier molecular flexibility index (Phi) is 5.99. The van der Waals surface area contributed by atoms with Crippen LogP contribution in [-0.4, -0.2) is 20.9 Å². The van der Waals surface area contributed by atoms with E-state index >= 15 is 0 Å². The molecule has 0 spiro atoms. The number of methoxy groups -OCH3 is 2. The molecule has 0 saturated heterocycles. The summed E-state index contributed by atoms with van der Waals surface area (Å²) >= 11 is 14.6. The minimum absolute atomic E-state index is 0.605. The van der Waals surface area contributed by atoms with Gasteiger partial charge in [0, 0.05) is 40.4 Å². The molecule has 0 saturated carbocycles. The van der Waals surface area contributed by atoms with Gasteiger partial charge in [0.25, 0.3) is 0 Å². The van der Waals surface area contributed by atoms with Crippen LogP contribution in [0.15, 0.2) is 65.6 Å². The van der Waals surface area contributed by atoms with Gasteiger partial charge in [0.2, 0.25) is 0 Å². The Morgan fingerprint density at radius 2 is 1.55 bits per heavy atom. The molecule has 3 aromatic carbocycles. The second-order valence-corrected chi connectivity index (χ2v) is 8.43. The van der Waals surface area contributed by atoms with Crippen molar-refractivity contribution >= 4 is 46.5 Å². The topological polar surface area (TPSA) is 24.9 Å². The lowest BCUT2D eigenvalue weighted by molar-refractivity contribution is 0.394. The molecule has 4 nitrogen and oxygen atoms in total. The zero-order valence-electron chi connectivity index (χ0n) is 16.1. The fourth-order valence-electron chi connectivity index (χ4n) is 3.25. The molecule has 0 fully saturated rings. The lowest BCUT2D eigenvalue weighted by Crippen LogP contribution is -2.37. The Hall–Kier alpha value is -2.21. The third-order valence-corrected chi connectivity index (χ3v) is 6.55. The van der Waals surface area contributed by atoms with Crippen LogP contribution in [0.4, 0.5) is 11.4 Å². The fraction of sp³-hybridized carbons (Fsp3) is 0.182. The van der Waals surface area contributed by atoms with Gasteiger partial charge in [-0.1, -0.05) is 41.4 Å². The highest BCUT2D eigenvalue weighted by atomic mass is 35.5. The Labute approximate surface area is 185 Å². The zero-order chi connectivity index (χ0) is 20.4. The number of para-hydroxylation sites is 1. The van der Waals surface area contributed by atoms with E-state index < -0.39 is 0 Å². The molecule has 0 aliphatic carbocycles. The van der Waals surface area contributed by atoms with Crippen molar-refractivity contribution in [3.8, 4) is 11.5 Å². The minimum Gasteiger partial charge on any atom is -0.497 e. The lowest BCUT2D eigenvalue weighted by atomic mass is 10.2. The van der Waals surface area contributed by atoms with E-state index in [-0.39, 0.29) is 0 Å². The van der Waals surface area contributed by atoms with Gasteiger partial charge in [-0.2, -0.15) is 0 Å². The van der Waals surface area contributed by atoms with Gasteiger partial charge in [-0.25, -0.2) is 0 Å². The average molecular weight is 447 g/mol. The van der Waals surface area contributed by atoms with Crippen LogP contribution in [0, 0.1) is 0 Å². The Morgan fingerprint density at radius 1 is 0.897 bits per heavy atom. The Morgan fingerprint density at radius 3 is 2.21 bits per heavy atom. The van der Waals surface area contributed by atoms with Crippen LogP contribution >= 0.6 is 35.1 Å². The molecule has 0 amide bonds. The number of rotatable bonds is 5. The summed E-state index contributed by atoms with van der Waals surface area (Å²) in [6.07, 6.45) is 0. The molecule has 1 aliphatic rings. The van der Waals surface area contributed by atoms with Crippen molar-refractivity contribution in [2.24, 2.45) is 0 Å². The van der Waals surface area contributed by atoms with Gasteiger partial charge in [0.15, 0.2) is 0 Å². The predicted molar refractivity (Wildman–Crippen MR) is 122 cm³/mol. The smallest absolute Gasteiger partial charge is 0.124 e. The van der Waals surface area contributed by atoms with Crippen molar-refractivity contribution in [2.75, 3.05) is 30.1 Å². The van der Waals surface area contributed by atoms with E-state index in [1.807, 2.05) is 48.5 Å². The van der Waals surface area contributed by atoms with Crippen LogP contribution in [0.25, 0.3) is 0 Å². The second-order valence-electron chi connectivity index (χ2n) is 6.55. The molecular weight excluding hydrogens is 427 g/mol. The maximum absolute atomic E-state index is 6.45. The number of halogens is 2. The summed E-state index contributed by atoms with van der Waals surface area (Å²) in [7, 11) is 3.31. The lowest BCUT2D eigenvalue weighted by Gasteiger charge is -2.38. The number of hydrogen-bond donors (Lipinski definition) is 0. The summed E-state index contributed by atoms with van der Waals surface area (Å²) in [5, 5.41) is 1.34. The van der Waals surface area contributed by atoms with Crippen molar-refractivity contribution in [3.63, 3.8) is 0 Å². The van der Waals surface area contributed by atoms with Gasteiger partial charge in [-0.05, 0) is 36.2 Å². The van der Waals surface area contributed by atoms with Crippen molar-refractivity contribution in [1.82, 2.24) is 0 Å². The Bertz CT molecular complexity index is 989. The molecule has 0 radical (unpaired) electrons. The maximum atomic E-state index is 6.45. The van der Waals surface area contributed by atoms with Gasteiger partial charge in [-0.3, -0.25) is 4.31 Å². The van der Waals surface area contributed by atoms with Crippen LogP contribution in [0.5, 0.6) is 11.5 Å². The minimum atomic E-state index is 0.605. The molecule has 0 atom stereocenters. The normalized spacial score (nSPS) is 13.2. The zero-order valence-corrected chi connectivity index (χ0v) is 18.4. The van der Waals surface area contributed by atoms with Gasteiger partial charge in [0.05, 0.1) is 30.5 Å². The third-order valence-electron chi connectivity index (χ3n) is 4.75. The van der Waals surface area contributed by atoms with Crippen LogP contribution in [0.3, 0.4) is 0 Å². The Balaban J connectivity index is 1.72. The molecule has 1 aliphatic heterocycles. The van der Waals surface area contributed by atoms with Crippen molar-refractivity contribution in [3.05, 3.63) is 76.3 Å². The van der Waals surface area contributed by atoms with Crippen LogP contribution in [-0.2, 0) is 6.54 Å².